The molecule has 104 valence electrons. The van der Waals surface area contributed by atoms with Gasteiger partial charge >= 0.3 is 5.97 Å². The average molecular weight is 274 g/mol. The first-order valence-corrected chi connectivity index (χ1v) is 6.16. The number of benzene rings is 1. The van der Waals surface area contributed by atoms with Gasteiger partial charge in [0.25, 0.3) is 0 Å². The Balaban J connectivity index is 2.13. The van der Waals surface area contributed by atoms with Gasteiger partial charge in [0.15, 0.2) is 0 Å². The second-order valence-electron chi connectivity index (χ2n) is 4.63. The Bertz CT molecular complexity index is 633. The molecule has 1 aromatic heterocycles. The van der Waals surface area contributed by atoms with Gasteiger partial charge < -0.3 is 10.4 Å². The summed E-state index contributed by atoms with van der Waals surface area (Å²) in [4.78, 5) is 14.9. The zero-order valence-corrected chi connectivity index (χ0v) is 11.3. The quantitative estimate of drug-likeness (QED) is 0.899. The van der Waals surface area contributed by atoms with Gasteiger partial charge in [0, 0.05) is 12.7 Å². The maximum atomic E-state index is 13.5. The first-order valence-electron chi connectivity index (χ1n) is 6.16. The van der Waals surface area contributed by atoms with Crippen molar-refractivity contribution in [3.8, 4) is 0 Å². The number of carbonyl (C=O) groups is 1. The van der Waals surface area contributed by atoms with Crippen molar-refractivity contribution in [3.63, 3.8) is 0 Å². The van der Waals surface area contributed by atoms with Crippen LogP contribution < -0.4 is 5.32 Å². The van der Waals surface area contributed by atoms with Crippen LogP contribution in [-0.4, -0.2) is 16.1 Å². The van der Waals surface area contributed by atoms with Crippen LogP contribution in [0.1, 0.15) is 27.0 Å². The lowest BCUT2D eigenvalue weighted by Gasteiger charge is -2.09. The number of hydrogen-bond acceptors (Lipinski definition) is 3. The highest BCUT2D eigenvalue weighted by Crippen LogP contribution is 2.16. The van der Waals surface area contributed by atoms with E-state index in [1.54, 1.807) is 26.0 Å². The lowest BCUT2D eigenvalue weighted by molar-refractivity contribution is 0.0697. The molecule has 2 N–H and O–H groups in total. The van der Waals surface area contributed by atoms with Crippen molar-refractivity contribution in [2.24, 2.45) is 0 Å². The smallest absolute Gasteiger partial charge is 0.335 e. The number of pyridine rings is 1. The number of carboxylic acid groups (broad SMARTS) is 1. The third kappa shape index (κ3) is 3.12. The van der Waals surface area contributed by atoms with E-state index in [1.807, 2.05) is 0 Å². The Hall–Kier alpha value is -2.43. The average Bonchev–Trinajstić information content (AvgIpc) is 2.42. The van der Waals surface area contributed by atoms with E-state index < -0.39 is 5.97 Å². The second kappa shape index (κ2) is 5.69. The summed E-state index contributed by atoms with van der Waals surface area (Å²) in [5.74, 6) is -0.715. The molecule has 0 aliphatic rings. The van der Waals surface area contributed by atoms with Gasteiger partial charge in [-0.2, -0.15) is 0 Å². The van der Waals surface area contributed by atoms with E-state index in [9.17, 15) is 9.18 Å². The number of anilines is 1. The monoisotopic (exact) mass is 274 g/mol. The fraction of sp³-hybridized carbons (Fsp3) is 0.200. The van der Waals surface area contributed by atoms with Crippen LogP contribution >= 0.6 is 0 Å². The van der Waals surface area contributed by atoms with E-state index in [-0.39, 0.29) is 11.4 Å². The highest BCUT2D eigenvalue weighted by molar-refractivity contribution is 5.88. The van der Waals surface area contributed by atoms with Crippen LogP contribution in [0.15, 0.2) is 30.5 Å². The predicted octanol–water partition coefficient (Wildman–Crippen LogP) is 3.15. The molecule has 20 heavy (non-hydrogen) atoms. The van der Waals surface area contributed by atoms with E-state index in [1.165, 1.54) is 18.3 Å². The largest absolute Gasteiger partial charge is 0.478 e. The molecule has 2 aromatic rings. The Morgan fingerprint density at radius 1 is 1.30 bits per heavy atom. The maximum Gasteiger partial charge on any atom is 0.335 e. The SMILES string of the molecule is Cc1cc(CNc2cc(C(=O)O)ccn2)cc(C)c1F. The van der Waals surface area contributed by atoms with Gasteiger partial charge in [-0.15, -0.1) is 0 Å². The molecule has 0 atom stereocenters. The Morgan fingerprint density at radius 2 is 1.95 bits per heavy atom. The minimum absolute atomic E-state index is 0.175. The summed E-state index contributed by atoms with van der Waals surface area (Å²) < 4.78 is 13.5. The van der Waals surface area contributed by atoms with Crippen LogP contribution in [0.4, 0.5) is 10.2 Å². The van der Waals surface area contributed by atoms with Gasteiger partial charge in [0.1, 0.15) is 11.6 Å². The Kier molecular flexibility index (Phi) is 3.98. The van der Waals surface area contributed by atoms with Crippen LogP contribution in [0, 0.1) is 19.7 Å². The Labute approximate surface area is 116 Å². The number of rotatable bonds is 4. The topological polar surface area (TPSA) is 62.2 Å². The summed E-state index contributed by atoms with van der Waals surface area (Å²) in [5, 5.41) is 11.9. The predicted molar refractivity (Wildman–Crippen MR) is 74.4 cm³/mol. The first kappa shape index (κ1) is 14.0. The van der Waals surface area contributed by atoms with Crippen molar-refractivity contribution in [3.05, 3.63) is 58.5 Å². The van der Waals surface area contributed by atoms with E-state index in [4.69, 9.17) is 5.11 Å². The van der Waals surface area contributed by atoms with Gasteiger partial charge in [0.2, 0.25) is 0 Å². The summed E-state index contributed by atoms with van der Waals surface area (Å²) in [5.41, 5.74) is 2.28. The molecule has 5 heteroatoms. The summed E-state index contributed by atoms with van der Waals surface area (Å²) in [6.07, 6.45) is 1.44. The van der Waals surface area contributed by atoms with Crippen molar-refractivity contribution < 1.29 is 14.3 Å². The zero-order valence-electron chi connectivity index (χ0n) is 11.3. The maximum absolute atomic E-state index is 13.5. The molecule has 0 spiro atoms. The normalized spacial score (nSPS) is 10.3. The van der Waals surface area contributed by atoms with E-state index >= 15 is 0 Å². The molecule has 0 aliphatic carbocycles. The number of nitrogens with one attached hydrogen (secondary N) is 1. The fourth-order valence-corrected chi connectivity index (χ4v) is 1.99. The van der Waals surface area contributed by atoms with Crippen molar-refractivity contribution in [2.45, 2.75) is 20.4 Å². The lowest BCUT2D eigenvalue weighted by atomic mass is 10.1. The van der Waals surface area contributed by atoms with Crippen LogP contribution in [0.2, 0.25) is 0 Å². The fourth-order valence-electron chi connectivity index (χ4n) is 1.99. The van der Waals surface area contributed by atoms with Crippen LogP contribution in [-0.2, 0) is 6.54 Å². The van der Waals surface area contributed by atoms with Crippen molar-refractivity contribution in [1.29, 1.82) is 0 Å². The number of aromatic carboxylic acids is 1. The van der Waals surface area contributed by atoms with Gasteiger partial charge in [-0.25, -0.2) is 14.2 Å². The van der Waals surface area contributed by atoms with E-state index in [2.05, 4.69) is 10.3 Å². The molecular formula is C15H15FN2O2. The Morgan fingerprint density at radius 3 is 2.55 bits per heavy atom. The zero-order chi connectivity index (χ0) is 14.7. The van der Waals surface area contributed by atoms with Gasteiger partial charge in [-0.05, 0) is 42.7 Å². The van der Waals surface area contributed by atoms with Crippen LogP contribution in [0.25, 0.3) is 0 Å². The molecule has 0 saturated heterocycles. The molecule has 0 amide bonds. The van der Waals surface area contributed by atoms with E-state index in [0.29, 0.717) is 23.5 Å². The van der Waals surface area contributed by atoms with Crippen molar-refractivity contribution >= 4 is 11.8 Å². The summed E-state index contributed by atoms with van der Waals surface area (Å²) in [7, 11) is 0. The molecule has 1 heterocycles. The molecule has 0 aliphatic heterocycles. The molecule has 2 rings (SSSR count). The molecule has 0 unspecified atom stereocenters. The van der Waals surface area contributed by atoms with Crippen molar-refractivity contribution in [1.82, 2.24) is 4.98 Å². The summed E-state index contributed by atoms with van der Waals surface area (Å²) >= 11 is 0. The molecule has 4 nitrogen and oxygen atoms in total. The summed E-state index contributed by atoms with van der Waals surface area (Å²) in [6.45, 7) is 3.89. The highest BCUT2D eigenvalue weighted by Gasteiger charge is 2.06. The standard InChI is InChI=1S/C15H15FN2O2/c1-9-5-11(6-10(2)14(9)16)8-18-13-7-12(15(19)20)3-4-17-13/h3-7H,8H2,1-2H3,(H,17,18)(H,19,20). The van der Waals surface area contributed by atoms with Crippen molar-refractivity contribution in [2.75, 3.05) is 5.32 Å². The third-order valence-corrected chi connectivity index (χ3v) is 2.98. The van der Waals surface area contributed by atoms with Gasteiger partial charge in [0.05, 0.1) is 5.56 Å². The number of aryl methyl sites for hydroxylation is 2. The number of halogens is 1. The molecule has 1 aromatic carbocycles. The number of nitrogens with zero attached hydrogens (tertiary/aromatic N) is 1. The highest BCUT2D eigenvalue weighted by atomic mass is 19.1. The second-order valence-corrected chi connectivity index (χ2v) is 4.63. The first-order chi connectivity index (χ1) is 9.47. The molecular weight excluding hydrogens is 259 g/mol. The molecule has 0 bridgehead atoms. The number of hydrogen-bond donors (Lipinski definition) is 2. The molecule has 0 fully saturated rings. The molecule has 0 saturated carbocycles. The number of carboxylic acids is 1. The molecule has 0 radical (unpaired) electrons. The van der Waals surface area contributed by atoms with Crippen LogP contribution in [0.5, 0.6) is 0 Å². The minimum Gasteiger partial charge on any atom is -0.478 e. The van der Waals surface area contributed by atoms with Gasteiger partial charge in [-0.3, -0.25) is 0 Å². The van der Waals surface area contributed by atoms with E-state index in [0.717, 1.165) is 5.56 Å². The minimum atomic E-state index is -0.996. The van der Waals surface area contributed by atoms with Gasteiger partial charge in [-0.1, -0.05) is 12.1 Å². The lowest BCUT2D eigenvalue weighted by Crippen LogP contribution is -2.05. The number of aromatic nitrogens is 1. The van der Waals surface area contributed by atoms with Crippen LogP contribution in [0.3, 0.4) is 0 Å². The summed E-state index contributed by atoms with van der Waals surface area (Å²) in [6, 6.07) is 6.41. The third-order valence-electron chi connectivity index (χ3n) is 2.98.